The highest BCUT2D eigenvalue weighted by atomic mass is 16.5. The Morgan fingerprint density at radius 1 is 0.744 bits per heavy atom. The number of hydrogen-bond donors (Lipinski definition) is 0. The molecule has 0 saturated carbocycles. The molecule has 6 nitrogen and oxygen atoms in total. The van der Waals surface area contributed by atoms with Gasteiger partial charge in [0.1, 0.15) is 17.2 Å². The Labute approximate surface area is 228 Å². The molecule has 1 heterocycles. The van der Waals surface area contributed by atoms with E-state index in [1.165, 1.54) is 0 Å². The fraction of sp³-hybridized carbons (Fsp3) is 0.152. The lowest BCUT2D eigenvalue weighted by atomic mass is 9.98. The molecule has 1 unspecified atom stereocenters. The number of anilines is 1. The molecular formula is C33H30N2O4. The zero-order valence-electron chi connectivity index (χ0n) is 22.2. The van der Waals surface area contributed by atoms with Crippen molar-refractivity contribution in [2.75, 3.05) is 26.3 Å². The minimum absolute atomic E-state index is 0.0334. The molecule has 0 saturated heterocycles. The van der Waals surface area contributed by atoms with Gasteiger partial charge in [-0.05, 0) is 95.6 Å². The highest BCUT2D eigenvalue weighted by molar-refractivity contribution is 6.07. The number of nitrogens with zero attached hydrogens (tertiary/aromatic N) is 2. The van der Waals surface area contributed by atoms with Gasteiger partial charge in [0.25, 0.3) is 0 Å². The van der Waals surface area contributed by atoms with E-state index in [0.717, 1.165) is 51.8 Å². The van der Waals surface area contributed by atoms with Crippen molar-refractivity contribution in [2.24, 2.45) is 5.10 Å². The monoisotopic (exact) mass is 518 g/mol. The third-order valence-electron chi connectivity index (χ3n) is 6.79. The first kappa shape index (κ1) is 25.8. The number of hydrazone groups is 1. The van der Waals surface area contributed by atoms with Crippen LogP contribution in [-0.2, 0) is 0 Å². The molecule has 0 N–H and O–H groups in total. The molecular weight excluding hydrogens is 488 g/mol. The summed E-state index contributed by atoms with van der Waals surface area (Å²) in [5.41, 5.74) is 5.74. The van der Waals surface area contributed by atoms with E-state index in [0.29, 0.717) is 5.56 Å². The summed E-state index contributed by atoms with van der Waals surface area (Å²) in [7, 11) is 4.94. The van der Waals surface area contributed by atoms with Gasteiger partial charge in [0.15, 0.2) is 5.78 Å². The highest BCUT2D eigenvalue weighted by Gasteiger charge is 2.30. The van der Waals surface area contributed by atoms with Crippen molar-refractivity contribution >= 4 is 23.3 Å². The minimum atomic E-state index is -0.0606. The second-order valence-corrected chi connectivity index (χ2v) is 9.13. The van der Waals surface area contributed by atoms with Gasteiger partial charge in [-0.15, -0.1) is 0 Å². The van der Waals surface area contributed by atoms with E-state index in [4.69, 9.17) is 19.3 Å². The summed E-state index contributed by atoms with van der Waals surface area (Å²) in [5, 5.41) is 7.10. The molecule has 0 radical (unpaired) electrons. The predicted octanol–water partition coefficient (Wildman–Crippen LogP) is 6.96. The molecule has 0 bridgehead atoms. The van der Waals surface area contributed by atoms with Crippen LogP contribution in [0.5, 0.6) is 17.2 Å². The number of allylic oxidation sites excluding steroid dienone is 1. The summed E-state index contributed by atoms with van der Waals surface area (Å²) in [6.45, 7) is 0. The standard InChI is InChI=1S/C33H30N2O4/c1-37-28-15-7-24(8-16-28)31-22-32(25-9-17-29(38-2)18-10-25)35(34-31)27-13-4-23(5-14-27)6-21-33(36)26-11-19-30(39-3)20-12-26/h4-21,32H,22H2,1-3H3/b21-6+. The molecule has 0 fully saturated rings. The zero-order chi connectivity index (χ0) is 27.2. The Morgan fingerprint density at radius 3 is 1.85 bits per heavy atom. The maximum atomic E-state index is 12.6. The summed E-state index contributed by atoms with van der Waals surface area (Å²) in [4.78, 5) is 12.6. The number of hydrogen-bond acceptors (Lipinski definition) is 6. The van der Waals surface area contributed by atoms with Crippen molar-refractivity contribution in [3.63, 3.8) is 0 Å². The van der Waals surface area contributed by atoms with Crippen molar-refractivity contribution in [3.8, 4) is 17.2 Å². The molecule has 1 atom stereocenters. The number of carbonyl (C=O) groups excluding carboxylic acids is 1. The largest absolute Gasteiger partial charge is 0.497 e. The van der Waals surface area contributed by atoms with Crippen LogP contribution >= 0.6 is 0 Å². The summed E-state index contributed by atoms with van der Waals surface area (Å²) in [6.07, 6.45) is 4.18. The fourth-order valence-electron chi connectivity index (χ4n) is 4.55. The van der Waals surface area contributed by atoms with Crippen LogP contribution in [0.3, 0.4) is 0 Å². The number of ether oxygens (including phenoxy) is 3. The Morgan fingerprint density at radius 2 is 1.28 bits per heavy atom. The lowest BCUT2D eigenvalue weighted by Crippen LogP contribution is -2.18. The van der Waals surface area contributed by atoms with E-state index >= 15 is 0 Å². The smallest absolute Gasteiger partial charge is 0.185 e. The first-order valence-corrected chi connectivity index (χ1v) is 12.7. The van der Waals surface area contributed by atoms with E-state index in [2.05, 4.69) is 17.1 Å². The molecule has 0 amide bonds. The second-order valence-electron chi connectivity index (χ2n) is 9.13. The van der Waals surface area contributed by atoms with Gasteiger partial charge in [-0.1, -0.05) is 30.3 Å². The Bertz CT molecular complexity index is 1470. The normalized spacial score (nSPS) is 14.8. The van der Waals surface area contributed by atoms with Crippen molar-refractivity contribution in [2.45, 2.75) is 12.5 Å². The quantitative estimate of drug-likeness (QED) is 0.177. The number of carbonyl (C=O) groups is 1. The fourth-order valence-corrected chi connectivity index (χ4v) is 4.55. The topological polar surface area (TPSA) is 60.4 Å². The van der Waals surface area contributed by atoms with Gasteiger partial charge in [-0.3, -0.25) is 9.80 Å². The maximum absolute atomic E-state index is 12.6. The molecule has 5 rings (SSSR count). The lowest BCUT2D eigenvalue weighted by molar-refractivity contribution is 0.104. The average molecular weight is 519 g/mol. The van der Waals surface area contributed by atoms with Gasteiger partial charge in [-0.2, -0.15) is 5.10 Å². The molecule has 6 heteroatoms. The van der Waals surface area contributed by atoms with E-state index in [9.17, 15) is 4.79 Å². The third-order valence-corrected chi connectivity index (χ3v) is 6.79. The second kappa shape index (κ2) is 11.7. The van der Waals surface area contributed by atoms with E-state index < -0.39 is 0 Å². The number of rotatable bonds is 9. The number of benzene rings is 4. The third kappa shape index (κ3) is 5.85. The molecule has 39 heavy (non-hydrogen) atoms. The van der Waals surface area contributed by atoms with Crippen molar-refractivity contribution in [1.82, 2.24) is 0 Å². The van der Waals surface area contributed by atoms with E-state index in [1.807, 2.05) is 66.7 Å². The molecule has 1 aliphatic heterocycles. The number of methoxy groups -OCH3 is 3. The molecule has 196 valence electrons. The first-order valence-electron chi connectivity index (χ1n) is 12.7. The summed E-state index contributed by atoms with van der Waals surface area (Å²) < 4.78 is 15.8. The van der Waals surface area contributed by atoms with Crippen LogP contribution in [0.1, 0.15) is 39.5 Å². The Balaban J connectivity index is 1.38. The Hall–Kier alpha value is -4.84. The van der Waals surface area contributed by atoms with E-state index in [-0.39, 0.29) is 11.8 Å². The molecule has 0 aliphatic carbocycles. The summed E-state index contributed by atoms with van der Waals surface area (Å²) >= 11 is 0. The zero-order valence-corrected chi connectivity index (χ0v) is 22.2. The van der Waals surface area contributed by atoms with Crippen LogP contribution in [0.2, 0.25) is 0 Å². The van der Waals surface area contributed by atoms with Crippen molar-refractivity contribution in [3.05, 3.63) is 125 Å². The van der Waals surface area contributed by atoms with Gasteiger partial charge in [0.05, 0.1) is 38.8 Å². The summed E-state index contributed by atoms with van der Waals surface area (Å²) in [5.74, 6) is 2.29. The van der Waals surface area contributed by atoms with Crippen molar-refractivity contribution in [1.29, 1.82) is 0 Å². The van der Waals surface area contributed by atoms with Crippen LogP contribution in [0.4, 0.5) is 5.69 Å². The van der Waals surface area contributed by atoms with Gasteiger partial charge in [0.2, 0.25) is 0 Å². The lowest BCUT2D eigenvalue weighted by Gasteiger charge is -2.24. The van der Waals surface area contributed by atoms with Gasteiger partial charge in [-0.25, -0.2) is 0 Å². The van der Waals surface area contributed by atoms with Crippen LogP contribution in [0.15, 0.2) is 108 Å². The molecule has 1 aliphatic rings. The molecule has 4 aromatic carbocycles. The van der Waals surface area contributed by atoms with E-state index in [1.54, 1.807) is 51.7 Å². The highest BCUT2D eigenvalue weighted by Crippen LogP contribution is 2.37. The van der Waals surface area contributed by atoms with Gasteiger partial charge < -0.3 is 14.2 Å². The Kier molecular flexibility index (Phi) is 7.73. The van der Waals surface area contributed by atoms with Crippen LogP contribution in [-0.4, -0.2) is 32.8 Å². The predicted molar refractivity (Wildman–Crippen MR) is 155 cm³/mol. The van der Waals surface area contributed by atoms with Crippen LogP contribution < -0.4 is 19.2 Å². The molecule has 0 aromatic heterocycles. The molecule has 4 aromatic rings. The average Bonchev–Trinajstić information content (AvgIpc) is 3.46. The van der Waals surface area contributed by atoms with Crippen molar-refractivity contribution < 1.29 is 19.0 Å². The SMILES string of the molecule is COc1ccc(C(=O)/C=C/c2ccc(N3N=C(c4ccc(OC)cc4)CC3c3ccc(OC)cc3)cc2)cc1. The number of ketones is 1. The first-order chi connectivity index (χ1) is 19.1. The van der Waals surface area contributed by atoms with Crippen LogP contribution in [0, 0.1) is 0 Å². The minimum Gasteiger partial charge on any atom is -0.497 e. The maximum Gasteiger partial charge on any atom is 0.185 e. The molecule has 0 spiro atoms. The van der Waals surface area contributed by atoms with Gasteiger partial charge >= 0.3 is 0 Å². The van der Waals surface area contributed by atoms with Gasteiger partial charge in [0, 0.05) is 12.0 Å². The summed E-state index contributed by atoms with van der Waals surface area (Å²) in [6, 6.07) is 31.3. The van der Waals surface area contributed by atoms with Crippen LogP contribution in [0.25, 0.3) is 6.08 Å².